The first-order valence-corrected chi connectivity index (χ1v) is 10.9. The second-order valence-electron chi connectivity index (χ2n) is 7.51. The summed E-state index contributed by atoms with van der Waals surface area (Å²) in [5, 5.41) is 14.5. The van der Waals surface area contributed by atoms with Gasteiger partial charge in [-0.3, -0.25) is 4.79 Å². The lowest BCUT2D eigenvalue weighted by molar-refractivity contribution is -0.115. The van der Waals surface area contributed by atoms with Gasteiger partial charge in [0.15, 0.2) is 0 Å². The predicted octanol–water partition coefficient (Wildman–Crippen LogP) is 4.33. The van der Waals surface area contributed by atoms with Crippen molar-refractivity contribution in [2.24, 2.45) is 0 Å². The highest BCUT2D eigenvalue weighted by Gasteiger charge is 2.22. The molecule has 4 rings (SSSR count). The van der Waals surface area contributed by atoms with Crippen LogP contribution in [0.2, 0.25) is 0 Å². The van der Waals surface area contributed by atoms with Crippen LogP contribution in [-0.4, -0.2) is 30.6 Å². The van der Waals surface area contributed by atoms with Crippen molar-refractivity contribution >= 4 is 34.4 Å². The lowest BCUT2D eigenvalue weighted by Crippen LogP contribution is -2.18. The molecule has 148 valence electrons. The van der Waals surface area contributed by atoms with Crippen LogP contribution in [0.4, 0.5) is 5.82 Å². The van der Waals surface area contributed by atoms with E-state index in [1.54, 1.807) is 45.8 Å². The number of carbonyl (C=O) groups excluding carboxylic acids is 1. The number of hydrogen-bond acceptors (Lipinski definition) is 7. The minimum Gasteiger partial charge on any atom is -0.310 e. The van der Waals surface area contributed by atoms with Crippen LogP contribution in [0.25, 0.3) is 16.5 Å². The van der Waals surface area contributed by atoms with Crippen molar-refractivity contribution < 1.29 is 4.79 Å². The maximum atomic E-state index is 12.7. The van der Waals surface area contributed by atoms with Gasteiger partial charge in [-0.05, 0) is 17.5 Å². The Morgan fingerprint density at radius 2 is 2.00 bits per heavy atom. The first-order chi connectivity index (χ1) is 13.9. The topological polar surface area (TPSA) is 85.6 Å². The summed E-state index contributed by atoms with van der Waals surface area (Å²) < 4.78 is 1.57. The molecule has 4 aromatic rings. The third-order valence-electron chi connectivity index (χ3n) is 4.15. The SMILES string of the molecule is CC(C)(C)c1cc(NC(=O)Cc2csc(-c3ccsc3)n2)n(-c2ncccn2)n1. The van der Waals surface area contributed by atoms with Gasteiger partial charge in [0.2, 0.25) is 5.91 Å². The Morgan fingerprint density at radius 1 is 1.21 bits per heavy atom. The third kappa shape index (κ3) is 4.41. The molecule has 0 aliphatic heterocycles. The highest BCUT2D eigenvalue weighted by molar-refractivity contribution is 7.14. The van der Waals surface area contributed by atoms with Crippen LogP contribution in [0.5, 0.6) is 0 Å². The van der Waals surface area contributed by atoms with Crippen molar-refractivity contribution in [3.05, 3.63) is 58.1 Å². The van der Waals surface area contributed by atoms with Crippen LogP contribution in [-0.2, 0) is 16.6 Å². The monoisotopic (exact) mass is 424 g/mol. The van der Waals surface area contributed by atoms with E-state index in [2.05, 4.69) is 51.5 Å². The predicted molar refractivity (Wildman–Crippen MR) is 116 cm³/mol. The van der Waals surface area contributed by atoms with E-state index in [1.807, 2.05) is 22.9 Å². The molecular formula is C20H20N6OS2. The van der Waals surface area contributed by atoms with E-state index in [-0.39, 0.29) is 17.7 Å². The van der Waals surface area contributed by atoms with Gasteiger partial charge in [0.1, 0.15) is 10.8 Å². The average Bonchev–Trinajstić information content (AvgIpc) is 3.42. The molecule has 0 bridgehead atoms. The maximum absolute atomic E-state index is 12.7. The van der Waals surface area contributed by atoms with E-state index in [0.29, 0.717) is 11.8 Å². The Balaban J connectivity index is 1.55. The second kappa shape index (κ2) is 7.84. The smallest absolute Gasteiger partial charge is 0.252 e. The first-order valence-electron chi connectivity index (χ1n) is 9.05. The molecule has 0 saturated heterocycles. The Kier molecular flexibility index (Phi) is 5.25. The van der Waals surface area contributed by atoms with Crippen LogP contribution >= 0.6 is 22.7 Å². The average molecular weight is 425 g/mol. The quantitative estimate of drug-likeness (QED) is 0.515. The van der Waals surface area contributed by atoms with E-state index in [0.717, 1.165) is 22.0 Å². The fourth-order valence-corrected chi connectivity index (χ4v) is 4.18. The van der Waals surface area contributed by atoms with Gasteiger partial charge in [-0.1, -0.05) is 20.8 Å². The van der Waals surface area contributed by atoms with Crippen molar-refractivity contribution in [2.45, 2.75) is 32.6 Å². The molecule has 0 spiro atoms. The molecule has 9 heteroatoms. The number of amides is 1. The lowest BCUT2D eigenvalue weighted by Gasteiger charge is -2.13. The number of hydrogen-bond donors (Lipinski definition) is 1. The summed E-state index contributed by atoms with van der Waals surface area (Å²) in [6, 6.07) is 5.63. The van der Waals surface area contributed by atoms with Crippen LogP contribution in [0, 0.1) is 0 Å². The fourth-order valence-electron chi connectivity index (χ4n) is 2.65. The number of aromatic nitrogens is 5. The largest absolute Gasteiger partial charge is 0.310 e. The zero-order valence-corrected chi connectivity index (χ0v) is 17.9. The lowest BCUT2D eigenvalue weighted by atomic mass is 9.92. The standard InChI is InChI=1S/C20H20N6OS2/c1-20(2,3)15-10-16(26(25-15)19-21-6-4-7-22-19)24-17(27)9-14-12-29-18(23-14)13-5-8-28-11-13/h4-8,10-12H,9H2,1-3H3,(H,24,27). The summed E-state index contributed by atoms with van der Waals surface area (Å²) >= 11 is 3.17. The molecule has 4 aromatic heterocycles. The minimum absolute atomic E-state index is 0.162. The van der Waals surface area contributed by atoms with E-state index < -0.39 is 0 Å². The molecule has 0 saturated carbocycles. The first kappa shape index (κ1) is 19.4. The second-order valence-corrected chi connectivity index (χ2v) is 9.14. The van der Waals surface area contributed by atoms with Crippen LogP contribution in [0.15, 0.2) is 46.7 Å². The van der Waals surface area contributed by atoms with Gasteiger partial charge in [-0.15, -0.1) is 11.3 Å². The van der Waals surface area contributed by atoms with Gasteiger partial charge in [0.25, 0.3) is 5.95 Å². The molecular weight excluding hydrogens is 404 g/mol. The van der Waals surface area contributed by atoms with Crippen molar-refractivity contribution in [2.75, 3.05) is 5.32 Å². The molecule has 0 aromatic carbocycles. The summed E-state index contributed by atoms with van der Waals surface area (Å²) in [7, 11) is 0. The Hall–Kier alpha value is -2.91. The Morgan fingerprint density at radius 3 is 2.69 bits per heavy atom. The molecule has 7 nitrogen and oxygen atoms in total. The van der Waals surface area contributed by atoms with Gasteiger partial charge in [0, 0.05) is 40.2 Å². The number of rotatable bonds is 5. The summed E-state index contributed by atoms with van der Waals surface area (Å²) in [5.74, 6) is 0.788. The van der Waals surface area contributed by atoms with E-state index in [4.69, 9.17) is 0 Å². The molecule has 0 aliphatic rings. The maximum Gasteiger partial charge on any atom is 0.252 e. The van der Waals surface area contributed by atoms with Gasteiger partial charge in [-0.25, -0.2) is 15.0 Å². The minimum atomic E-state index is -0.177. The van der Waals surface area contributed by atoms with Crippen LogP contribution in [0.1, 0.15) is 32.2 Å². The molecule has 1 amide bonds. The highest BCUT2D eigenvalue weighted by atomic mass is 32.1. The van der Waals surface area contributed by atoms with Gasteiger partial charge in [0.05, 0.1) is 17.8 Å². The summed E-state index contributed by atoms with van der Waals surface area (Å²) in [4.78, 5) is 25.8. The van der Waals surface area contributed by atoms with Crippen molar-refractivity contribution in [1.29, 1.82) is 0 Å². The molecule has 29 heavy (non-hydrogen) atoms. The van der Waals surface area contributed by atoms with Crippen molar-refractivity contribution in [3.8, 4) is 16.5 Å². The molecule has 1 N–H and O–H groups in total. The normalized spacial score (nSPS) is 11.6. The van der Waals surface area contributed by atoms with Crippen LogP contribution in [0.3, 0.4) is 0 Å². The number of nitrogens with zero attached hydrogens (tertiary/aromatic N) is 5. The van der Waals surface area contributed by atoms with E-state index in [9.17, 15) is 4.79 Å². The number of carbonyl (C=O) groups is 1. The molecule has 0 aliphatic carbocycles. The molecule has 0 unspecified atom stereocenters. The molecule has 0 atom stereocenters. The summed E-state index contributed by atoms with van der Waals surface area (Å²) in [5.41, 5.74) is 2.49. The zero-order chi connectivity index (χ0) is 20.4. The fraction of sp³-hybridized carbons (Fsp3) is 0.250. The molecule has 0 radical (unpaired) electrons. The Bertz CT molecular complexity index is 1110. The van der Waals surface area contributed by atoms with Crippen molar-refractivity contribution in [3.63, 3.8) is 0 Å². The van der Waals surface area contributed by atoms with Crippen molar-refractivity contribution in [1.82, 2.24) is 24.7 Å². The summed E-state index contributed by atoms with van der Waals surface area (Å²) in [6.45, 7) is 6.20. The van der Waals surface area contributed by atoms with Gasteiger partial charge >= 0.3 is 0 Å². The number of anilines is 1. The van der Waals surface area contributed by atoms with E-state index in [1.165, 1.54) is 0 Å². The number of thiazole rings is 1. The molecule has 0 fully saturated rings. The summed E-state index contributed by atoms with van der Waals surface area (Å²) in [6.07, 6.45) is 3.48. The van der Waals surface area contributed by atoms with Gasteiger partial charge < -0.3 is 5.32 Å². The number of nitrogens with one attached hydrogen (secondary N) is 1. The van der Waals surface area contributed by atoms with E-state index >= 15 is 0 Å². The number of thiophene rings is 1. The highest BCUT2D eigenvalue weighted by Crippen LogP contribution is 2.27. The third-order valence-corrected chi connectivity index (χ3v) is 5.77. The van der Waals surface area contributed by atoms with Gasteiger partial charge in [-0.2, -0.15) is 21.1 Å². The Labute approximate surface area is 176 Å². The van der Waals surface area contributed by atoms with Crippen LogP contribution < -0.4 is 5.32 Å². The molecule has 4 heterocycles. The zero-order valence-electron chi connectivity index (χ0n) is 16.3.